The van der Waals surface area contributed by atoms with Crippen LogP contribution in [0.2, 0.25) is 0 Å². The summed E-state index contributed by atoms with van der Waals surface area (Å²) in [6.45, 7) is 1.76. The lowest BCUT2D eigenvalue weighted by atomic mass is 10.1. The van der Waals surface area contributed by atoms with Gasteiger partial charge in [0.2, 0.25) is 0 Å². The summed E-state index contributed by atoms with van der Waals surface area (Å²) in [4.78, 5) is 20.7. The van der Waals surface area contributed by atoms with Crippen LogP contribution in [0.25, 0.3) is 10.9 Å². The van der Waals surface area contributed by atoms with Gasteiger partial charge in [0.25, 0.3) is 5.91 Å². The number of carbonyl (C=O) groups excluding carboxylic acids is 1. The standard InChI is InChI=1S/C17H13BrFN3O2/c1-9(10-4-6-11(19)7-5-10)21-17(24)14-15(23)13-12(16(18)22-14)3-2-8-20-13/h2-9,23H,1H3,(H,21,24)/t9-/m0/s1. The lowest BCUT2D eigenvalue weighted by Gasteiger charge is -2.15. The van der Waals surface area contributed by atoms with Crippen molar-refractivity contribution in [3.8, 4) is 5.75 Å². The summed E-state index contributed by atoms with van der Waals surface area (Å²) in [5.41, 5.74) is 0.906. The van der Waals surface area contributed by atoms with Crippen LogP contribution in [0.1, 0.15) is 29.0 Å². The van der Waals surface area contributed by atoms with Crippen molar-refractivity contribution in [2.45, 2.75) is 13.0 Å². The molecule has 0 spiro atoms. The van der Waals surface area contributed by atoms with E-state index in [-0.39, 0.29) is 23.3 Å². The number of carbonyl (C=O) groups is 1. The van der Waals surface area contributed by atoms with E-state index in [1.807, 2.05) is 0 Å². The highest BCUT2D eigenvalue weighted by molar-refractivity contribution is 9.10. The summed E-state index contributed by atoms with van der Waals surface area (Å²) in [6, 6.07) is 8.90. The highest BCUT2D eigenvalue weighted by atomic mass is 79.9. The predicted octanol–water partition coefficient (Wildman–Crippen LogP) is 3.73. The number of hydrogen-bond donors (Lipinski definition) is 2. The Balaban J connectivity index is 1.91. The minimum atomic E-state index is -0.544. The van der Waals surface area contributed by atoms with Crippen LogP contribution in [-0.2, 0) is 0 Å². The van der Waals surface area contributed by atoms with E-state index in [9.17, 15) is 14.3 Å². The number of rotatable bonds is 3. The fraction of sp³-hybridized carbons (Fsp3) is 0.118. The molecule has 2 aromatic heterocycles. The van der Waals surface area contributed by atoms with E-state index in [0.29, 0.717) is 15.5 Å². The Bertz CT molecular complexity index is 916. The third kappa shape index (κ3) is 3.07. The zero-order chi connectivity index (χ0) is 17.3. The summed E-state index contributed by atoms with van der Waals surface area (Å²) in [6.07, 6.45) is 1.53. The Morgan fingerprint density at radius 2 is 2.00 bits per heavy atom. The highest BCUT2D eigenvalue weighted by Crippen LogP contribution is 2.30. The summed E-state index contributed by atoms with van der Waals surface area (Å²) < 4.78 is 13.4. The van der Waals surface area contributed by atoms with Crippen molar-refractivity contribution in [1.29, 1.82) is 0 Å². The second-order valence-corrected chi connectivity index (χ2v) is 6.00. The van der Waals surface area contributed by atoms with E-state index in [1.165, 1.54) is 18.3 Å². The number of amides is 1. The molecule has 0 unspecified atom stereocenters. The molecule has 0 aliphatic heterocycles. The van der Waals surface area contributed by atoms with Crippen LogP contribution >= 0.6 is 15.9 Å². The molecule has 0 saturated carbocycles. The van der Waals surface area contributed by atoms with Crippen LogP contribution in [0.3, 0.4) is 0 Å². The van der Waals surface area contributed by atoms with E-state index in [2.05, 4.69) is 31.2 Å². The molecular formula is C17H13BrFN3O2. The minimum Gasteiger partial charge on any atom is -0.504 e. The maximum atomic E-state index is 13.0. The van der Waals surface area contributed by atoms with Crippen molar-refractivity contribution < 1.29 is 14.3 Å². The monoisotopic (exact) mass is 389 g/mol. The van der Waals surface area contributed by atoms with Crippen LogP contribution in [0.4, 0.5) is 4.39 Å². The quantitative estimate of drug-likeness (QED) is 0.669. The van der Waals surface area contributed by atoms with Gasteiger partial charge in [0.1, 0.15) is 15.9 Å². The van der Waals surface area contributed by atoms with E-state index in [1.54, 1.807) is 31.2 Å². The molecular weight excluding hydrogens is 377 g/mol. The molecule has 1 atom stereocenters. The molecule has 1 aromatic carbocycles. The van der Waals surface area contributed by atoms with Gasteiger partial charge >= 0.3 is 0 Å². The fourth-order valence-corrected chi connectivity index (χ4v) is 2.84. The molecule has 0 bridgehead atoms. The van der Waals surface area contributed by atoms with Crippen molar-refractivity contribution in [1.82, 2.24) is 15.3 Å². The number of fused-ring (bicyclic) bond motifs is 1. The van der Waals surface area contributed by atoms with Crippen LogP contribution in [0.15, 0.2) is 47.2 Å². The summed E-state index contributed by atoms with van der Waals surface area (Å²) in [5, 5.41) is 13.6. The second-order valence-electron chi connectivity index (χ2n) is 5.25. The zero-order valence-corrected chi connectivity index (χ0v) is 14.2. The van der Waals surface area contributed by atoms with Gasteiger partial charge in [-0.2, -0.15) is 0 Å². The number of nitrogens with one attached hydrogen (secondary N) is 1. The van der Waals surface area contributed by atoms with E-state index in [0.717, 1.165) is 5.56 Å². The third-order valence-electron chi connectivity index (χ3n) is 3.62. The summed E-state index contributed by atoms with van der Waals surface area (Å²) >= 11 is 3.29. The Morgan fingerprint density at radius 3 is 2.71 bits per heavy atom. The van der Waals surface area contributed by atoms with Gasteiger partial charge < -0.3 is 10.4 Å². The first-order valence-electron chi connectivity index (χ1n) is 7.17. The van der Waals surface area contributed by atoms with Gasteiger partial charge in [-0.05, 0) is 52.7 Å². The Kier molecular flexibility index (Phi) is 4.44. The molecule has 122 valence electrons. The zero-order valence-electron chi connectivity index (χ0n) is 12.6. The van der Waals surface area contributed by atoms with Gasteiger partial charge in [-0.1, -0.05) is 12.1 Å². The fourth-order valence-electron chi connectivity index (χ4n) is 2.34. The van der Waals surface area contributed by atoms with Gasteiger partial charge in [-0.25, -0.2) is 9.37 Å². The number of benzene rings is 1. The first kappa shape index (κ1) is 16.3. The summed E-state index contributed by atoms with van der Waals surface area (Å²) in [5.74, 6) is -1.17. The highest BCUT2D eigenvalue weighted by Gasteiger charge is 2.20. The van der Waals surface area contributed by atoms with Gasteiger partial charge in [0, 0.05) is 11.6 Å². The number of hydrogen-bond acceptors (Lipinski definition) is 4. The van der Waals surface area contributed by atoms with E-state index < -0.39 is 5.91 Å². The number of aromatic nitrogens is 2. The number of pyridine rings is 2. The first-order chi connectivity index (χ1) is 11.5. The molecule has 0 radical (unpaired) electrons. The van der Waals surface area contributed by atoms with Crippen LogP contribution in [-0.4, -0.2) is 21.0 Å². The van der Waals surface area contributed by atoms with Gasteiger partial charge in [-0.3, -0.25) is 9.78 Å². The summed E-state index contributed by atoms with van der Waals surface area (Å²) in [7, 11) is 0. The molecule has 0 aliphatic carbocycles. The maximum Gasteiger partial charge on any atom is 0.274 e. The smallest absolute Gasteiger partial charge is 0.274 e. The first-order valence-corrected chi connectivity index (χ1v) is 7.96. The van der Waals surface area contributed by atoms with Gasteiger partial charge in [-0.15, -0.1) is 0 Å². The third-order valence-corrected chi connectivity index (χ3v) is 4.23. The maximum absolute atomic E-state index is 13.0. The SMILES string of the molecule is C[C@H](NC(=O)c1nc(Br)c2cccnc2c1O)c1ccc(F)cc1. The van der Waals surface area contributed by atoms with E-state index in [4.69, 9.17) is 0 Å². The van der Waals surface area contributed by atoms with Crippen LogP contribution in [0, 0.1) is 5.82 Å². The molecule has 3 rings (SSSR count). The normalized spacial score (nSPS) is 12.1. The van der Waals surface area contributed by atoms with Crippen molar-refractivity contribution in [2.24, 2.45) is 0 Å². The largest absolute Gasteiger partial charge is 0.504 e. The van der Waals surface area contributed by atoms with Crippen LogP contribution < -0.4 is 5.32 Å². The molecule has 3 aromatic rings. The number of aromatic hydroxyl groups is 1. The Morgan fingerprint density at radius 1 is 1.29 bits per heavy atom. The van der Waals surface area contributed by atoms with Crippen molar-refractivity contribution in [3.05, 3.63) is 64.3 Å². The molecule has 7 heteroatoms. The topological polar surface area (TPSA) is 75.1 Å². The minimum absolute atomic E-state index is 0.123. The lowest BCUT2D eigenvalue weighted by Crippen LogP contribution is -2.27. The average Bonchev–Trinajstić information content (AvgIpc) is 2.58. The molecule has 0 fully saturated rings. The second kappa shape index (κ2) is 6.52. The molecule has 24 heavy (non-hydrogen) atoms. The Hall–Kier alpha value is -2.54. The lowest BCUT2D eigenvalue weighted by molar-refractivity contribution is 0.0932. The van der Waals surface area contributed by atoms with Gasteiger partial charge in [0.05, 0.1) is 6.04 Å². The molecule has 2 heterocycles. The number of halogens is 2. The number of nitrogens with zero attached hydrogens (tertiary/aromatic N) is 2. The molecule has 5 nitrogen and oxygen atoms in total. The van der Waals surface area contributed by atoms with Crippen molar-refractivity contribution in [3.63, 3.8) is 0 Å². The van der Waals surface area contributed by atoms with Crippen molar-refractivity contribution >= 4 is 32.7 Å². The molecule has 0 aliphatic rings. The molecule has 2 N–H and O–H groups in total. The average molecular weight is 390 g/mol. The predicted molar refractivity (Wildman–Crippen MR) is 91.2 cm³/mol. The molecule has 0 saturated heterocycles. The van der Waals surface area contributed by atoms with Gasteiger partial charge in [0.15, 0.2) is 11.4 Å². The Labute approximate surface area is 145 Å². The molecule has 1 amide bonds. The van der Waals surface area contributed by atoms with E-state index >= 15 is 0 Å². The van der Waals surface area contributed by atoms with Crippen molar-refractivity contribution in [2.75, 3.05) is 0 Å². The van der Waals surface area contributed by atoms with Crippen LogP contribution in [0.5, 0.6) is 5.75 Å².